The average molecular weight is 401 g/mol. The highest BCUT2D eigenvalue weighted by atomic mass is 16.2. The van der Waals surface area contributed by atoms with Gasteiger partial charge in [0.1, 0.15) is 5.82 Å². The van der Waals surface area contributed by atoms with E-state index in [0.717, 1.165) is 0 Å². The Morgan fingerprint density at radius 3 is 2.63 bits per heavy atom. The summed E-state index contributed by atoms with van der Waals surface area (Å²) in [6, 6.07) is 12.2. The molecule has 0 saturated carbocycles. The van der Waals surface area contributed by atoms with Gasteiger partial charge in [-0.3, -0.25) is 9.89 Å². The standard InChI is InChI=1S/C19H15N9O2/c20-18-21-6-5-15(26-18)22-9-1-3-12-11(7-9)16(28-27-12)17(29)23-10-2-4-13-14(8-10)25-19(30)24-13/h1-8H,(H,23,29)(H,27,28)(H2,24,25,30)(H3,20,21,22,26). The first-order chi connectivity index (χ1) is 14.5. The number of H-pyrrole nitrogens is 3. The number of aromatic nitrogens is 6. The van der Waals surface area contributed by atoms with Gasteiger partial charge in [0.05, 0.1) is 16.6 Å². The molecule has 0 aliphatic rings. The topological polar surface area (TPSA) is 170 Å². The molecule has 0 aliphatic heterocycles. The first kappa shape index (κ1) is 17.4. The number of hydrogen-bond donors (Lipinski definition) is 6. The third-order valence-electron chi connectivity index (χ3n) is 4.50. The number of fused-ring (bicyclic) bond motifs is 2. The van der Waals surface area contributed by atoms with Crippen molar-refractivity contribution in [3.63, 3.8) is 0 Å². The summed E-state index contributed by atoms with van der Waals surface area (Å²) in [6.07, 6.45) is 1.55. The summed E-state index contributed by atoms with van der Waals surface area (Å²) in [5.41, 5.74) is 8.74. The summed E-state index contributed by atoms with van der Waals surface area (Å²) in [5.74, 6) is 0.303. The van der Waals surface area contributed by atoms with Crippen LogP contribution in [0.4, 0.5) is 23.1 Å². The van der Waals surface area contributed by atoms with Crippen LogP contribution < -0.4 is 22.1 Å². The van der Waals surface area contributed by atoms with Crippen molar-refractivity contribution < 1.29 is 4.79 Å². The average Bonchev–Trinajstić information content (AvgIpc) is 3.29. The van der Waals surface area contributed by atoms with Gasteiger partial charge in [0.25, 0.3) is 5.91 Å². The van der Waals surface area contributed by atoms with Gasteiger partial charge in [0.2, 0.25) is 5.95 Å². The number of benzene rings is 2. The molecule has 11 heteroatoms. The van der Waals surface area contributed by atoms with Crippen molar-refractivity contribution >= 4 is 51.0 Å². The highest BCUT2D eigenvalue weighted by molar-refractivity contribution is 6.12. The van der Waals surface area contributed by atoms with Gasteiger partial charge in [-0.25, -0.2) is 9.78 Å². The van der Waals surface area contributed by atoms with E-state index in [1.165, 1.54) is 0 Å². The molecular weight excluding hydrogens is 386 g/mol. The zero-order valence-corrected chi connectivity index (χ0v) is 15.4. The Morgan fingerprint density at radius 2 is 1.77 bits per heavy atom. The van der Waals surface area contributed by atoms with Crippen LogP contribution in [-0.4, -0.2) is 36.0 Å². The first-order valence-corrected chi connectivity index (χ1v) is 8.92. The number of imidazole rings is 1. The summed E-state index contributed by atoms with van der Waals surface area (Å²) < 4.78 is 0. The van der Waals surface area contributed by atoms with Crippen LogP contribution in [0.1, 0.15) is 10.5 Å². The molecule has 2 aromatic carbocycles. The summed E-state index contributed by atoms with van der Waals surface area (Å²) >= 11 is 0. The normalized spacial score (nSPS) is 11.1. The molecule has 0 atom stereocenters. The number of aromatic amines is 3. The van der Waals surface area contributed by atoms with Crippen molar-refractivity contribution in [1.82, 2.24) is 30.1 Å². The van der Waals surface area contributed by atoms with Crippen molar-refractivity contribution in [2.75, 3.05) is 16.4 Å². The number of anilines is 4. The highest BCUT2D eigenvalue weighted by Crippen LogP contribution is 2.24. The molecule has 0 bridgehead atoms. The van der Waals surface area contributed by atoms with Crippen molar-refractivity contribution in [3.8, 4) is 0 Å². The third kappa shape index (κ3) is 3.20. The molecule has 0 spiro atoms. The summed E-state index contributed by atoms with van der Waals surface area (Å²) in [7, 11) is 0. The minimum atomic E-state index is -0.387. The van der Waals surface area contributed by atoms with Crippen molar-refractivity contribution in [2.24, 2.45) is 0 Å². The summed E-state index contributed by atoms with van der Waals surface area (Å²) in [6.45, 7) is 0. The zero-order chi connectivity index (χ0) is 20.7. The van der Waals surface area contributed by atoms with E-state index in [-0.39, 0.29) is 23.2 Å². The largest absolute Gasteiger partial charge is 0.368 e. The summed E-state index contributed by atoms with van der Waals surface area (Å²) in [5, 5.41) is 13.6. The lowest BCUT2D eigenvalue weighted by Gasteiger charge is -2.07. The van der Waals surface area contributed by atoms with Crippen LogP contribution in [0, 0.1) is 0 Å². The van der Waals surface area contributed by atoms with Crippen molar-refractivity contribution in [2.45, 2.75) is 0 Å². The maximum absolute atomic E-state index is 12.8. The maximum Gasteiger partial charge on any atom is 0.323 e. The molecule has 1 amide bonds. The lowest BCUT2D eigenvalue weighted by Crippen LogP contribution is -2.12. The molecule has 0 fully saturated rings. The van der Waals surface area contributed by atoms with Gasteiger partial charge in [-0.2, -0.15) is 10.1 Å². The SMILES string of the molecule is Nc1nccc(Nc2ccc3[nH]nc(C(=O)Nc4ccc5[nH]c(=O)[nH]c5c4)c3c2)n1. The highest BCUT2D eigenvalue weighted by Gasteiger charge is 2.15. The van der Waals surface area contributed by atoms with Gasteiger partial charge in [-0.05, 0) is 42.5 Å². The van der Waals surface area contributed by atoms with Crippen LogP contribution in [0.3, 0.4) is 0 Å². The van der Waals surface area contributed by atoms with E-state index in [4.69, 9.17) is 5.73 Å². The molecule has 3 aromatic heterocycles. The number of nitrogens with one attached hydrogen (secondary N) is 5. The second kappa shape index (κ2) is 6.74. The van der Waals surface area contributed by atoms with E-state index < -0.39 is 0 Å². The number of rotatable bonds is 4. The Labute approximate surface area is 167 Å². The van der Waals surface area contributed by atoms with Gasteiger partial charge in [0, 0.05) is 23.0 Å². The lowest BCUT2D eigenvalue weighted by atomic mass is 10.1. The first-order valence-electron chi connectivity index (χ1n) is 8.92. The number of carbonyl (C=O) groups is 1. The molecule has 0 saturated heterocycles. The third-order valence-corrected chi connectivity index (χ3v) is 4.50. The Kier molecular flexibility index (Phi) is 3.92. The Bertz CT molecular complexity index is 1460. The van der Waals surface area contributed by atoms with E-state index in [9.17, 15) is 9.59 Å². The van der Waals surface area contributed by atoms with Gasteiger partial charge < -0.3 is 26.3 Å². The van der Waals surface area contributed by atoms with E-state index in [2.05, 4.69) is 40.8 Å². The number of carbonyl (C=O) groups excluding carboxylic acids is 1. The van der Waals surface area contributed by atoms with Crippen LogP contribution in [0.15, 0.2) is 53.5 Å². The molecular formula is C19H15N9O2. The van der Waals surface area contributed by atoms with Gasteiger partial charge >= 0.3 is 5.69 Å². The fraction of sp³-hybridized carbons (Fsp3) is 0. The Hall–Kier alpha value is -4.67. The maximum atomic E-state index is 12.8. The smallest absolute Gasteiger partial charge is 0.323 e. The van der Waals surface area contributed by atoms with Crippen LogP contribution in [0.2, 0.25) is 0 Å². The predicted molar refractivity (Wildman–Crippen MR) is 113 cm³/mol. The quantitative estimate of drug-likeness (QED) is 0.268. The number of nitrogen functional groups attached to an aromatic ring is 1. The van der Waals surface area contributed by atoms with Crippen LogP contribution in [-0.2, 0) is 0 Å². The molecule has 5 rings (SSSR count). The summed E-state index contributed by atoms with van der Waals surface area (Å²) in [4.78, 5) is 37.5. The van der Waals surface area contributed by atoms with Crippen molar-refractivity contribution in [3.05, 3.63) is 64.8 Å². The molecule has 7 N–H and O–H groups in total. The molecule has 0 radical (unpaired) electrons. The van der Waals surface area contributed by atoms with Crippen LogP contribution in [0.5, 0.6) is 0 Å². The van der Waals surface area contributed by atoms with Crippen LogP contribution in [0.25, 0.3) is 21.9 Å². The molecule has 11 nitrogen and oxygen atoms in total. The minimum absolute atomic E-state index is 0.158. The molecule has 5 aromatic rings. The minimum Gasteiger partial charge on any atom is -0.368 e. The Balaban J connectivity index is 1.43. The molecule has 0 aliphatic carbocycles. The molecule has 148 valence electrons. The fourth-order valence-corrected chi connectivity index (χ4v) is 3.16. The van der Waals surface area contributed by atoms with Gasteiger partial charge in [-0.15, -0.1) is 0 Å². The van der Waals surface area contributed by atoms with E-state index >= 15 is 0 Å². The monoisotopic (exact) mass is 401 g/mol. The predicted octanol–water partition coefficient (Wildman–Crippen LogP) is 2.10. The molecule has 0 unspecified atom stereocenters. The second-order valence-electron chi connectivity index (χ2n) is 6.55. The van der Waals surface area contributed by atoms with Crippen LogP contribution >= 0.6 is 0 Å². The number of amides is 1. The number of nitrogens with zero attached hydrogens (tertiary/aromatic N) is 3. The van der Waals surface area contributed by atoms with E-state index in [0.29, 0.717) is 39.1 Å². The number of nitrogens with two attached hydrogens (primary N) is 1. The molecule has 3 heterocycles. The zero-order valence-electron chi connectivity index (χ0n) is 15.4. The number of hydrogen-bond acceptors (Lipinski definition) is 7. The van der Waals surface area contributed by atoms with E-state index in [1.54, 1.807) is 36.5 Å². The lowest BCUT2D eigenvalue weighted by molar-refractivity contribution is 0.102. The van der Waals surface area contributed by atoms with Gasteiger partial charge in [0.15, 0.2) is 5.69 Å². The molecule has 30 heavy (non-hydrogen) atoms. The van der Waals surface area contributed by atoms with Gasteiger partial charge in [-0.1, -0.05) is 0 Å². The van der Waals surface area contributed by atoms with E-state index in [1.807, 2.05) is 12.1 Å². The fourth-order valence-electron chi connectivity index (χ4n) is 3.16. The Morgan fingerprint density at radius 1 is 0.967 bits per heavy atom. The van der Waals surface area contributed by atoms with Crippen molar-refractivity contribution in [1.29, 1.82) is 0 Å². The second-order valence-corrected chi connectivity index (χ2v) is 6.55.